The molecule has 1 unspecified atom stereocenters. The van der Waals surface area contributed by atoms with Crippen LogP contribution in [0.4, 0.5) is 0 Å². The molecule has 0 aliphatic heterocycles. The van der Waals surface area contributed by atoms with Gasteiger partial charge in [0.1, 0.15) is 0 Å². The maximum atomic E-state index is 4.65. The van der Waals surface area contributed by atoms with Gasteiger partial charge in [0.05, 0.1) is 6.54 Å². The fourth-order valence-corrected chi connectivity index (χ4v) is 2.11. The van der Waals surface area contributed by atoms with Gasteiger partial charge in [-0.25, -0.2) is 0 Å². The van der Waals surface area contributed by atoms with Crippen LogP contribution in [0.3, 0.4) is 0 Å². The van der Waals surface area contributed by atoms with Crippen LogP contribution >= 0.6 is 35.7 Å². The molecule has 0 aromatic carbocycles. The molecule has 0 rings (SSSR count). The Bertz CT molecular complexity index is 223. The van der Waals surface area contributed by atoms with Gasteiger partial charge in [0, 0.05) is 24.9 Å². The maximum absolute atomic E-state index is 4.65. The minimum atomic E-state index is 0. The van der Waals surface area contributed by atoms with Crippen LogP contribution in [0.1, 0.15) is 27.7 Å². The van der Waals surface area contributed by atoms with Gasteiger partial charge in [-0.05, 0) is 33.2 Å². The van der Waals surface area contributed by atoms with E-state index in [1.807, 2.05) is 11.8 Å². The van der Waals surface area contributed by atoms with Gasteiger partial charge >= 0.3 is 0 Å². The van der Waals surface area contributed by atoms with Crippen molar-refractivity contribution in [1.29, 1.82) is 0 Å². The standard InChI is InChI=1S/C13H30N4S.HI/c1-6-14-13(15-9-10-18-5)16-11-12(4)17(7-2)8-3;/h12H,6-11H2,1-5H3,(H2,14,15,16);1H. The zero-order chi connectivity index (χ0) is 13.8. The van der Waals surface area contributed by atoms with Crippen LogP contribution in [0.25, 0.3) is 0 Å². The Kier molecular flexibility index (Phi) is 16.7. The summed E-state index contributed by atoms with van der Waals surface area (Å²) in [6.07, 6.45) is 2.12. The van der Waals surface area contributed by atoms with Gasteiger partial charge in [-0.1, -0.05) is 13.8 Å². The number of guanidine groups is 1. The molecule has 19 heavy (non-hydrogen) atoms. The van der Waals surface area contributed by atoms with Gasteiger partial charge in [0.15, 0.2) is 5.96 Å². The Labute approximate surface area is 140 Å². The smallest absolute Gasteiger partial charge is 0.191 e. The minimum Gasteiger partial charge on any atom is -0.357 e. The molecular formula is C13H31IN4S. The molecule has 0 aromatic heterocycles. The van der Waals surface area contributed by atoms with Crippen LogP contribution in [-0.4, -0.2) is 61.6 Å². The summed E-state index contributed by atoms with van der Waals surface area (Å²) < 4.78 is 0. The Morgan fingerprint density at radius 3 is 2.32 bits per heavy atom. The van der Waals surface area contributed by atoms with Crippen LogP contribution in [0.5, 0.6) is 0 Å². The van der Waals surface area contributed by atoms with Crippen LogP contribution in [0, 0.1) is 0 Å². The van der Waals surface area contributed by atoms with Gasteiger partial charge in [-0.15, -0.1) is 24.0 Å². The largest absolute Gasteiger partial charge is 0.357 e. The van der Waals surface area contributed by atoms with Crippen LogP contribution in [0.2, 0.25) is 0 Å². The van der Waals surface area contributed by atoms with E-state index in [0.717, 1.165) is 44.4 Å². The molecule has 0 aliphatic carbocycles. The highest BCUT2D eigenvalue weighted by Crippen LogP contribution is 1.98. The van der Waals surface area contributed by atoms with Crippen molar-refractivity contribution in [3.8, 4) is 0 Å². The normalized spacial score (nSPS) is 13.1. The maximum Gasteiger partial charge on any atom is 0.191 e. The van der Waals surface area contributed by atoms with Gasteiger partial charge in [0.2, 0.25) is 0 Å². The quantitative estimate of drug-likeness (QED) is 0.269. The lowest BCUT2D eigenvalue weighted by Crippen LogP contribution is -2.40. The summed E-state index contributed by atoms with van der Waals surface area (Å²) >= 11 is 1.84. The molecule has 0 saturated heterocycles. The molecule has 0 heterocycles. The number of rotatable bonds is 9. The third-order valence-corrected chi connectivity index (χ3v) is 3.50. The van der Waals surface area contributed by atoms with E-state index in [9.17, 15) is 0 Å². The first-order valence-corrected chi connectivity index (χ1v) is 8.34. The van der Waals surface area contributed by atoms with E-state index >= 15 is 0 Å². The Morgan fingerprint density at radius 1 is 1.21 bits per heavy atom. The Balaban J connectivity index is 0. The van der Waals surface area contributed by atoms with Crippen molar-refractivity contribution < 1.29 is 0 Å². The predicted octanol–water partition coefficient (Wildman–Crippen LogP) is 2.25. The zero-order valence-electron chi connectivity index (χ0n) is 13.0. The molecule has 6 heteroatoms. The van der Waals surface area contributed by atoms with E-state index < -0.39 is 0 Å². The van der Waals surface area contributed by atoms with E-state index in [-0.39, 0.29) is 24.0 Å². The first-order chi connectivity index (χ1) is 8.69. The number of aliphatic imine (C=N–C) groups is 1. The zero-order valence-corrected chi connectivity index (χ0v) is 16.2. The van der Waals surface area contributed by atoms with Crippen LogP contribution in [-0.2, 0) is 0 Å². The van der Waals surface area contributed by atoms with E-state index in [4.69, 9.17) is 0 Å². The highest BCUT2D eigenvalue weighted by Gasteiger charge is 2.09. The third kappa shape index (κ3) is 10.7. The highest BCUT2D eigenvalue weighted by atomic mass is 127. The molecule has 0 bridgehead atoms. The van der Waals surface area contributed by atoms with Crippen molar-refractivity contribution in [2.45, 2.75) is 33.7 Å². The summed E-state index contributed by atoms with van der Waals surface area (Å²) in [5.74, 6) is 2.04. The lowest BCUT2D eigenvalue weighted by molar-refractivity contribution is 0.237. The fourth-order valence-electron chi connectivity index (χ4n) is 1.80. The van der Waals surface area contributed by atoms with Gasteiger partial charge in [0.25, 0.3) is 0 Å². The lowest BCUT2D eigenvalue weighted by atomic mass is 10.3. The van der Waals surface area contributed by atoms with Gasteiger partial charge in [-0.3, -0.25) is 9.89 Å². The van der Waals surface area contributed by atoms with E-state index in [1.54, 1.807) is 0 Å². The Morgan fingerprint density at radius 2 is 1.84 bits per heavy atom. The van der Waals surface area contributed by atoms with Gasteiger partial charge < -0.3 is 10.6 Å². The second-order valence-corrected chi connectivity index (χ2v) is 5.20. The van der Waals surface area contributed by atoms with Crippen LogP contribution in [0.15, 0.2) is 4.99 Å². The van der Waals surface area contributed by atoms with Crippen molar-refractivity contribution in [2.75, 3.05) is 44.7 Å². The molecular weight excluding hydrogens is 371 g/mol. The Hall–Kier alpha value is 0.310. The topological polar surface area (TPSA) is 39.7 Å². The summed E-state index contributed by atoms with van der Waals surface area (Å²) in [4.78, 5) is 7.07. The summed E-state index contributed by atoms with van der Waals surface area (Å²) in [5, 5.41) is 6.63. The fraction of sp³-hybridized carbons (Fsp3) is 0.923. The van der Waals surface area contributed by atoms with Crippen molar-refractivity contribution in [2.24, 2.45) is 4.99 Å². The molecule has 0 aromatic rings. The number of likely N-dealkylation sites (N-methyl/N-ethyl adjacent to an activating group) is 1. The minimum absolute atomic E-state index is 0. The highest BCUT2D eigenvalue weighted by molar-refractivity contribution is 14.0. The SMILES string of the molecule is CCNC(=NCC(C)N(CC)CC)NCCSC.I. The second kappa shape index (κ2) is 14.7. The van der Waals surface area contributed by atoms with E-state index in [2.05, 4.69) is 54.5 Å². The van der Waals surface area contributed by atoms with E-state index in [0.29, 0.717) is 6.04 Å². The number of nitrogens with zero attached hydrogens (tertiary/aromatic N) is 2. The number of thioether (sulfide) groups is 1. The first kappa shape index (κ1) is 21.6. The average molecular weight is 402 g/mol. The van der Waals surface area contributed by atoms with Crippen molar-refractivity contribution >= 4 is 41.7 Å². The molecule has 1 atom stereocenters. The third-order valence-electron chi connectivity index (χ3n) is 2.89. The lowest BCUT2D eigenvalue weighted by Gasteiger charge is -2.25. The number of nitrogens with one attached hydrogen (secondary N) is 2. The predicted molar refractivity (Wildman–Crippen MR) is 100 cm³/mol. The average Bonchev–Trinajstić information content (AvgIpc) is 2.37. The summed E-state index contributed by atoms with van der Waals surface area (Å²) in [7, 11) is 0. The molecule has 0 radical (unpaired) electrons. The molecule has 116 valence electrons. The van der Waals surface area contributed by atoms with Crippen molar-refractivity contribution in [1.82, 2.24) is 15.5 Å². The van der Waals surface area contributed by atoms with E-state index in [1.165, 1.54) is 0 Å². The molecule has 0 fully saturated rings. The molecule has 0 aliphatic rings. The molecule has 2 N–H and O–H groups in total. The number of halogens is 1. The first-order valence-electron chi connectivity index (χ1n) is 6.94. The second-order valence-electron chi connectivity index (χ2n) is 4.21. The summed E-state index contributed by atoms with van der Waals surface area (Å²) in [6, 6.07) is 0.496. The van der Waals surface area contributed by atoms with Crippen LogP contribution < -0.4 is 10.6 Å². The van der Waals surface area contributed by atoms with Crippen molar-refractivity contribution in [3.05, 3.63) is 0 Å². The summed E-state index contributed by atoms with van der Waals surface area (Å²) in [6.45, 7) is 13.6. The summed E-state index contributed by atoms with van der Waals surface area (Å²) in [5.41, 5.74) is 0. The monoisotopic (exact) mass is 402 g/mol. The van der Waals surface area contributed by atoms with Gasteiger partial charge in [-0.2, -0.15) is 11.8 Å². The molecule has 0 saturated carbocycles. The number of hydrogen-bond donors (Lipinski definition) is 2. The van der Waals surface area contributed by atoms with Crippen molar-refractivity contribution in [3.63, 3.8) is 0 Å². The molecule has 0 amide bonds. The number of hydrogen-bond acceptors (Lipinski definition) is 3. The molecule has 4 nitrogen and oxygen atoms in total. The molecule has 0 spiro atoms.